The van der Waals surface area contributed by atoms with Gasteiger partial charge in [0.2, 0.25) is 0 Å². The van der Waals surface area contributed by atoms with Crippen LogP contribution in [0.25, 0.3) is 0 Å². The lowest BCUT2D eigenvalue weighted by molar-refractivity contribution is -0.384. The average molecular weight is 278 g/mol. The van der Waals surface area contributed by atoms with Gasteiger partial charge < -0.3 is 16.0 Å². The molecule has 0 aromatic heterocycles. The van der Waals surface area contributed by atoms with E-state index in [9.17, 15) is 14.9 Å². The number of piperidine rings is 1. The molecule has 7 nitrogen and oxygen atoms in total. The molecule has 1 fully saturated rings. The van der Waals surface area contributed by atoms with Gasteiger partial charge in [-0.3, -0.25) is 10.1 Å². The number of carbonyl (C=O) groups excluding carboxylic acids is 1. The SMILES string of the molecule is Cc1ccc(N2CCC(NC(N)=O)CC2)c([N+](=O)[O-])c1. The molecule has 2 amide bonds. The second-order valence-corrected chi connectivity index (χ2v) is 5.02. The molecule has 0 atom stereocenters. The van der Waals surface area contributed by atoms with Gasteiger partial charge in [0.15, 0.2) is 0 Å². The fourth-order valence-corrected chi connectivity index (χ4v) is 2.51. The molecule has 0 unspecified atom stereocenters. The minimum absolute atomic E-state index is 0.0493. The van der Waals surface area contributed by atoms with Crippen LogP contribution in [0.1, 0.15) is 18.4 Å². The summed E-state index contributed by atoms with van der Waals surface area (Å²) in [6.07, 6.45) is 1.46. The average Bonchev–Trinajstić information content (AvgIpc) is 2.39. The molecule has 1 heterocycles. The zero-order chi connectivity index (χ0) is 14.7. The Morgan fingerprint density at radius 3 is 2.65 bits per heavy atom. The lowest BCUT2D eigenvalue weighted by Gasteiger charge is -2.33. The third kappa shape index (κ3) is 3.17. The molecular formula is C13H18N4O3. The van der Waals surface area contributed by atoms with Crippen molar-refractivity contribution in [3.8, 4) is 0 Å². The summed E-state index contributed by atoms with van der Waals surface area (Å²) in [6, 6.07) is 4.77. The first-order chi connectivity index (χ1) is 9.47. The largest absolute Gasteiger partial charge is 0.366 e. The van der Waals surface area contributed by atoms with Crippen molar-refractivity contribution in [1.29, 1.82) is 0 Å². The van der Waals surface area contributed by atoms with E-state index < -0.39 is 6.03 Å². The van der Waals surface area contributed by atoms with E-state index in [2.05, 4.69) is 5.32 Å². The summed E-state index contributed by atoms with van der Waals surface area (Å²) in [4.78, 5) is 23.6. The van der Waals surface area contributed by atoms with E-state index in [1.807, 2.05) is 17.9 Å². The summed E-state index contributed by atoms with van der Waals surface area (Å²) >= 11 is 0. The van der Waals surface area contributed by atoms with Crippen molar-refractivity contribution >= 4 is 17.4 Å². The fraction of sp³-hybridized carbons (Fsp3) is 0.462. The Hall–Kier alpha value is -2.31. The Morgan fingerprint density at radius 1 is 1.45 bits per heavy atom. The maximum absolute atomic E-state index is 11.1. The van der Waals surface area contributed by atoms with E-state index in [0.29, 0.717) is 18.8 Å². The predicted octanol–water partition coefficient (Wildman–Crippen LogP) is 1.54. The van der Waals surface area contributed by atoms with Crippen LogP contribution < -0.4 is 16.0 Å². The lowest BCUT2D eigenvalue weighted by Crippen LogP contribution is -2.46. The third-order valence-corrected chi connectivity index (χ3v) is 3.51. The standard InChI is InChI=1S/C13H18N4O3/c1-9-2-3-11(12(8-9)17(19)20)16-6-4-10(5-7-16)15-13(14)18/h2-3,8,10H,4-7H2,1H3,(H3,14,15,18). The molecule has 1 aromatic rings. The monoisotopic (exact) mass is 278 g/mol. The van der Waals surface area contributed by atoms with Crippen molar-refractivity contribution in [2.24, 2.45) is 5.73 Å². The summed E-state index contributed by atoms with van der Waals surface area (Å²) in [5.74, 6) is 0. The van der Waals surface area contributed by atoms with Gasteiger partial charge in [0, 0.05) is 25.2 Å². The van der Waals surface area contributed by atoms with Gasteiger partial charge in [0.25, 0.3) is 5.69 Å². The minimum atomic E-state index is -0.523. The van der Waals surface area contributed by atoms with Gasteiger partial charge in [-0.1, -0.05) is 6.07 Å². The quantitative estimate of drug-likeness (QED) is 0.646. The third-order valence-electron chi connectivity index (χ3n) is 3.51. The van der Waals surface area contributed by atoms with Gasteiger partial charge in [0.1, 0.15) is 5.69 Å². The van der Waals surface area contributed by atoms with Crippen molar-refractivity contribution in [2.75, 3.05) is 18.0 Å². The molecule has 2 rings (SSSR count). The molecule has 0 bridgehead atoms. The van der Waals surface area contributed by atoms with E-state index in [1.54, 1.807) is 12.1 Å². The Morgan fingerprint density at radius 2 is 2.10 bits per heavy atom. The van der Waals surface area contributed by atoms with Crippen LogP contribution in [0.3, 0.4) is 0 Å². The van der Waals surface area contributed by atoms with E-state index in [4.69, 9.17) is 5.73 Å². The van der Waals surface area contributed by atoms with Crippen LogP contribution in [0.2, 0.25) is 0 Å². The van der Waals surface area contributed by atoms with Crippen LogP contribution >= 0.6 is 0 Å². The van der Waals surface area contributed by atoms with Crippen LogP contribution in [-0.4, -0.2) is 30.1 Å². The van der Waals surface area contributed by atoms with Crippen molar-refractivity contribution < 1.29 is 9.72 Å². The van der Waals surface area contributed by atoms with Crippen LogP contribution in [0.15, 0.2) is 18.2 Å². The van der Waals surface area contributed by atoms with E-state index >= 15 is 0 Å². The predicted molar refractivity (Wildman–Crippen MR) is 75.8 cm³/mol. The molecule has 1 aromatic carbocycles. The number of amides is 2. The maximum Gasteiger partial charge on any atom is 0.312 e. The molecule has 1 aliphatic rings. The van der Waals surface area contributed by atoms with Crippen molar-refractivity contribution in [1.82, 2.24) is 5.32 Å². The summed E-state index contributed by atoms with van der Waals surface area (Å²) < 4.78 is 0. The summed E-state index contributed by atoms with van der Waals surface area (Å²) in [5, 5.41) is 13.8. The smallest absolute Gasteiger partial charge is 0.312 e. The number of nitro benzene ring substituents is 1. The highest BCUT2D eigenvalue weighted by Gasteiger charge is 2.25. The maximum atomic E-state index is 11.1. The van der Waals surface area contributed by atoms with Crippen molar-refractivity contribution in [3.63, 3.8) is 0 Å². The minimum Gasteiger partial charge on any atom is -0.366 e. The first kappa shape index (κ1) is 14.1. The highest BCUT2D eigenvalue weighted by Crippen LogP contribution is 2.31. The van der Waals surface area contributed by atoms with Gasteiger partial charge in [-0.15, -0.1) is 0 Å². The highest BCUT2D eigenvalue weighted by atomic mass is 16.6. The molecule has 7 heteroatoms. The van der Waals surface area contributed by atoms with Crippen LogP contribution in [-0.2, 0) is 0 Å². The Kier molecular flexibility index (Phi) is 4.07. The van der Waals surface area contributed by atoms with Gasteiger partial charge >= 0.3 is 6.03 Å². The van der Waals surface area contributed by atoms with Gasteiger partial charge in [0.05, 0.1) is 4.92 Å². The number of nitro groups is 1. The number of hydrogen-bond acceptors (Lipinski definition) is 4. The number of nitrogens with one attached hydrogen (secondary N) is 1. The van der Waals surface area contributed by atoms with Crippen LogP contribution in [0, 0.1) is 17.0 Å². The Labute approximate surface area is 116 Å². The number of benzene rings is 1. The number of primary amides is 1. The molecule has 1 saturated heterocycles. The highest BCUT2D eigenvalue weighted by molar-refractivity contribution is 5.72. The summed E-state index contributed by atoms with van der Waals surface area (Å²) in [6.45, 7) is 3.16. The number of nitrogens with zero attached hydrogens (tertiary/aromatic N) is 2. The van der Waals surface area contributed by atoms with E-state index in [0.717, 1.165) is 18.4 Å². The molecule has 20 heavy (non-hydrogen) atoms. The number of hydrogen-bond donors (Lipinski definition) is 2. The summed E-state index contributed by atoms with van der Waals surface area (Å²) in [5.41, 5.74) is 6.73. The summed E-state index contributed by atoms with van der Waals surface area (Å²) in [7, 11) is 0. The second-order valence-electron chi connectivity index (χ2n) is 5.02. The first-order valence-electron chi connectivity index (χ1n) is 6.53. The fourth-order valence-electron chi connectivity index (χ4n) is 2.51. The molecule has 1 aliphatic heterocycles. The second kappa shape index (κ2) is 5.77. The van der Waals surface area contributed by atoms with Gasteiger partial charge in [-0.05, 0) is 31.4 Å². The number of carbonyl (C=O) groups is 1. The zero-order valence-corrected chi connectivity index (χ0v) is 11.3. The molecule has 0 saturated carbocycles. The number of aryl methyl sites for hydroxylation is 1. The number of urea groups is 1. The van der Waals surface area contributed by atoms with E-state index in [1.165, 1.54) is 0 Å². The van der Waals surface area contributed by atoms with Crippen molar-refractivity contribution in [3.05, 3.63) is 33.9 Å². The zero-order valence-electron chi connectivity index (χ0n) is 11.3. The van der Waals surface area contributed by atoms with Gasteiger partial charge in [-0.2, -0.15) is 0 Å². The number of nitrogens with two attached hydrogens (primary N) is 1. The van der Waals surface area contributed by atoms with Crippen molar-refractivity contribution in [2.45, 2.75) is 25.8 Å². The lowest BCUT2D eigenvalue weighted by atomic mass is 10.0. The Balaban J connectivity index is 2.11. The molecule has 3 N–H and O–H groups in total. The van der Waals surface area contributed by atoms with Gasteiger partial charge in [-0.25, -0.2) is 4.79 Å². The number of rotatable bonds is 3. The molecule has 0 aliphatic carbocycles. The van der Waals surface area contributed by atoms with Crippen LogP contribution in [0.5, 0.6) is 0 Å². The number of anilines is 1. The van der Waals surface area contributed by atoms with Crippen LogP contribution in [0.4, 0.5) is 16.2 Å². The van der Waals surface area contributed by atoms with E-state index in [-0.39, 0.29) is 16.7 Å². The normalized spacial score (nSPS) is 15.9. The molecular weight excluding hydrogens is 260 g/mol. The first-order valence-corrected chi connectivity index (χ1v) is 6.53. The topological polar surface area (TPSA) is 102 Å². The molecule has 108 valence electrons. The Bertz CT molecular complexity index is 524. The molecule has 0 spiro atoms. The molecule has 0 radical (unpaired) electrons.